The van der Waals surface area contributed by atoms with Crippen LogP contribution in [0, 0.1) is 18.3 Å². The van der Waals surface area contributed by atoms with Crippen LogP contribution in [-0.2, 0) is 0 Å². The van der Waals surface area contributed by atoms with Gasteiger partial charge >= 0.3 is 0 Å². The van der Waals surface area contributed by atoms with Crippen LogP contribution in [0.1, 0.15) is 34.8 Å². The molecule has 0 bridgehead atoms. The fraction of sp³-hybridized carbons (Fsp3) is 0.286. The average molecular weight is 387 g/mol. The van der Waals surface area contributed by atoms with Crippen molar-refractivity contribution in [3.05, 3.63) is 65.6 Å². The van der Waals surface area contributed by atoms with E-state index in [2.05, 4.69) is 31.9 Å². The first-order chi connectivity index (χ1) is 14.0. The molecule has 8 heteroatoms. The normalized spacial score (nSPS) is 20.9. The third kappa shape index (κ3) is 3.37. The number of carbonyl (C=O) groups excluding carboxylic acids is 1. The molecule has 3 aromatic rings. The van der Waals surface area contributed by atoms with E-state index in [1.165, 1.54) is 4.80 Å². The van der Waals surface area contributed by atoms with Crippen LogP contribution in [0.5, 0.6) is 0 Å². The zero-order chi connectivity index (χ0) is 20.4. The van der Waals surface area contributed by atoms with Crippen LogP contribution in [0.15, 0.2) is 48.9 Å². The molecule has 0 saturated carbocycles. The summed E-state index contributed by atoms with van der Waals surface area (Å²) in [4.78, 5) is 19.7. The Labute approximate surface area is 168 Å². The van der Waals surface area contributed by atoms with Crippen molar-refractivity contribution in [3.63, 3.8) is 0 Å². The number of nitrogens with zero attached hydrogens (tertiary/aromatic N) is 5. The molecule has 2 aromatic heterocycles. The van der Waals surface area contributed by atoms with Gasteiger partial charge in [-0.15, -0.1) is 0 Å². The summed E-state index contributed by atoms with van der Waals surface area (Å²) in [5.41, 5.74) is 1.52. The monoisotopic (exact) mass is 387 g/mol. The lowest BCUT2D eigenvalue weighted by atomic mass is 9.86. The Kier molecular flexibility index (Phi) is 4.82. The smallest absolute Gasteiger partial charge is 0.191 e. The van der Waals surface area contributed by atoms with Crippen molar-refractivity contribution in [2.45, 2.75) is 31.8 Å². The van der Waals surface area contributed by atoms with Gasteiger partial charge in [-0.3, -0.25) is 4.79 Å². The minimum atomic E-state index is -0.894. The van der Waals surface area contributed by atoms with E-state index in [-0.39, 0.29) is 11.8 Å². The molecule has 29 heavy (non-hydrogen) atoms. The van der Waals surface area contributed by atoms with Crippen LogP contribution in [0.3, 0.4) is 0 Å². The molecule has 0 aliphatic carbocycles. The summed E-state index contributed by atoms with van der Waals surface area (Å²) in [6.45, 7) is 4.33. The van der Waals surface area contributed by atoms with Crippen LogP contribution in [-0.4, -0.2) is 43.9 Å². The first kappa shape index (κ1) is 18.8. The zero-order valence-corrected chi connectivity index (χ0v) is 16.3. The molecule has 0 radical (unpaired) electrons. The number of ketones is 1. The van der Waals surface area contributed by atoms with E-state index in [9.17, 15) is 10.1 Å². The van der Waals surface area contributed by atoms with Crippen molar-refractivity contribution >= 4 is 11.6 Å². The first-order valence-corrected chi connectivity index (χ1v) is 9.42. The summed E-state index contributed by atoms with van der Waals surface area (Å²) >= 11 is 0. The number of nitriles is 1. The highest BCUT2D eigenvalue weighted by Gasteiger charge is 2.45. The molecule has 3 heterocycles. The van der Waals surface area contributed by atoms with Gasteiger partial charge in [0, 0.05) is 29.9 Å². The number of benzene rings is 1. The van der Waals surface area contributed by atoms with Crippen molar-refractivity contribution < 1.29 is 4.79 Å². The molecular weight excluding hydrogens is 366 g/mol. The number of rotatable bonds is 5. The van der Waals surface area contributed by atoms with Gasteiger partial charge in [0.2, 0.25) is 0 Å². The van der Waals surface area contributed by atoms with Gasteiger partial charge in [0.25, 0.3) is 0 Å². The highest BCUT2D eigenvalue weighted by atomic mass is 16.1. The molecule has 2 atom stereocenters. The molecule has 8 nitrogen and oxygen atoms in total. The third-order valence-corrected chi connectivity index (χ3v) is 5.31. The molecule has 0 amide bonds. The maximum atomic E-state index is 13.8. The van der Waals surface area contributed by atoms with Gasteiger partial charge in [-0.05, 0) is 38.5 Å². The molecule has 2 N–H and O–H groups in total. The van der Waals surface area contributed by atoms with E-state index in [0.717, 1.165) is 5.56 Å². The van der Waals surface area contributed by atoms with E-state index in [1.54, 1.807) is 30.7 Å². The Morgan fingerprint density at radius 3 is 2.72 bits per heavy atom. The zero-order valence-electron chi connectivity index (χ0n) is 16.3. The molecule has 146 valence electrons. The SMILES string of the molecule is Cc1c(C#N)ccnc1N[C@@]1(C(=O)c2ccccc2-n2nccn2)CN[C@H](C)C1. The van der Waals surface area contributed by atoms with E-state index < -0.39 is 5.54 Å². The van der Waals surface area contributed by atoms with Crippen LogP contribution in [0.2, 0.25) is 0 Å². The van der Waals surface area contributed by atoms with Crippen LogP contribution in [0.4, 0.5) is 5.82 Å². The number of aromatic nitrogens is 4. The van der Waals surface area contributed by atoms with E-state index in [4.69, 9.17) is 0 Å². The van der Waals surface area contributed by atoms with Crippen LogP contribution >= 0.6 is 0 Å². The number of Topliss-reactive ketones (excluding diaryl/α,β-unsaturated/α-hetero) is 1. The molecule has 0 spiro atoms. The molecule has 1 aliphatic rings. The molecule has 0 unspecified atom stereocenters. The summed E-state index contributed by atoms with van der Waals surface area (Å²) in [5, 5.41) is 24.4. The number of pyridine rings is 1. The van der Waals surface area contributed by atoms with Crippen molar-refractivity contribution in [1.82, 2.24) is 25.3 Å². The quantitative estimate of drug-likeness (QED) is 0.646. The summed E-state index contributed by atoms with van der Waals surface area (Å²) < 4.78 is 0. The summed E-state index contributed by atoms with van der Waals surface area (Å²) in [6, 6.07) is 11.3. The van der Waals surface area contributed by atoms with E-state index in [0.29, 0.717) is 35.6 Å². The summed E-state index contributed by atoms with van der Waals surface area (Å²) in [7, 11) is 0. The summed E-state index contributed by atoms with van der Waals surface area (Å²) in [5.74, 6) is 0.480. The second-order valence-electron chi connectivity index (χ2n) is 7.30. The number of carbonyl (C=O) groups is 1. The highest BCUT2D eigenvalue weighted by molar-refractivity contribution is 6.08. The van der Waals surface area contributed by atoms with Gasteiger partial charge in [0.05, 0.1) is 29.7 Å². The lowest BCUT2D eigenvalue weighted by Gasteiger charge is -2.30. The maximum absolute atomic E-state index is 13.8. The Balaban J connectivity index is 1.78. The van der Waals surface area contributed by atoms with Gasteiger partial charge < -0.3 is 10.6 Å². The van der Waals surface area contributed by atoms with Crippen molar-refractivity contribution in [2.24, 2.45) is 0 Å². The topological polar surface area (TPSA) is 109 Å². The Morgan fingerprint density at radius 1 is 1.28 bits per heavy atom. The lowest BCUT2D eigenvalue weighted by molar-refractivity contribution is 0.0914. The number of nitrogens with one attached hydrogen (secondary N) is 2. The Morgan fingerprint density at radius 2 is 2.03 bits per heavy atom. The maximum Gasteiger partial charge on any atom is 0.191 e. The van der Waals surface area contributed by atoms with Gasteiger partial charge in [-0.2, -0.15) is 20.3 Å². The fourth-order valence-electron chi connectivity index (χ4n) is 3.79. The Bertz CT molecular complexity index is 1090. The van der Waals surface area contributed by atoms with Crippen LogP contribution < -0.4 is 10.6 Å². The predicted octanol–water partition coefficient (Wildman–Crippen LogP) is 2.26. The number of para-hydroxylation sites is 1. The average Bonchev–Trinajstić information content (AvgIpc) is 3.40. The number of hydrogen-bond acceptors (Lipinski definition) is 7. The van der Waals surface area contributed by atoms with Crippen molar-refractivity contribution in [1.29, 1.82) is 5.26 Å². The highest BCUT2D eigenvalue weighted by Crippen LogP contribution is 2.31. The van der Waals surface area contributed by atoms with Gasteiger partial charge in [0.15, 0.2) is 5.78 Å². The van der Waals surface area contributed by atoms with Crippen molar-refractivity contribution in [2.75, 3.05) is 11.9 Å². The molecule has 1 saturated heterocycles. The number of hydrogen-bond donors (Lipinski definition) is 2. The number of anilines is 1. The second kappa shape index (κ2) is 7.45. The van der Waals surface area contributed by atoms with Crippen LogP contribution in [0.25, 0.3) is 5.69 Å². The largest absolute Gasteiger partial charge is 0.356 e. The molecule has 1 fully saturated rings. The fourth-order valence-corrected chi connectivity index (χ4v) is 3.79. The van der Waals surface area contributed by atoms with Gasteiger partial charge in [-0.1, -0.05) is 12.1 Å². The second-order valence-corrected chi connectivity index (χ2v) is 7.30. The Hall–Kier alpha value is -3.57. The van der Waals surface area contributed by atoms with E-state index >= 15 is 0 Å². The third-order valence-electron chi connectivity index (χ3n) is 5.31. The molecule has 4 rings (SSSR count). The molecule has 1 aliphatic heterocycles. The minimum Gasteiger partial charge on any atom is -0.356 e. The lowest BCUT2D eigenvalue weighted by Crippen LogP contribution is -2.49. The summed E-state index contributed by atoms with van der Waals surface area (Å²) in [6.07, 6.45) is 5.33. The molecule has 1 aromatic carbocycles. The van der Waals surface area contributed by atoms with Gasteiger partial charge in [-0.25, -0.2) is 4.98 Å². The van der Waals surface area contributed by atoms with Crippen molar-refractivity contribution in [3.8, 4) is 11.8 Å². The standard InChI is InChI=1S/C21H21N7O/c1-14-11-21(13-24-14,27-20-15(2)16(12-22)7-8-23-20)19(29)17-5-3-4-6-18(17)28-25-9-10-26-28/h3-10,14,24H,11,13H2,1-2H3,(H,23,27)/t14-,21-/m1/s1. The van der Waals surface area contributed by atoms with Gasteiger partial charge in [0.1, 0.15) is 11.4 Å². The predicted molar refractivity (Wildman–Crippen MR) is 108 cm³/mol. The van der Waals surface area contributed by atoms with E-state index in [1.807, 2.05) is 32.0 Å². The first-order valence-electron chi connectivity index (χ1n) is 9.42. The minimum absolute atomic E-state index is 0.0641. The molecular formula is C21H21N7O.